The second-order valence-electron chi connectivity index (χ2n) is 3.49. The van der Waals surface area contributed by atoms with E-state index in [9.17, 15) is 10.1 Å². The average Bonchev–Trinajstić information content (AvgIpc) is 2.20. The lowest BCUT2D eigenvalue weighted by atomic mass is 10.1. The molecule has 0 saturated carbocycles. The fourth-order valence-electron chi connectivity index (χ4n) is 1.38. The Morgan fingerprint density at radius 1 is 1.56 bits per heavy atom. The third-order valence-electron chi connectivity index (χ3n) is 2.17. The number of aliphatic hydroxyl groups is 1. The van der Waals surface area contributed by atoms with Crippen LogP contribution in [0.25, 0.3) is 0 Å². The maximum absolute atomic E-state index is 10.8. The molecule has 0 radical (unpaired) electrons. The molecule has 0 amide bonds. The SMILES string of the molecule is CN(CCO)Cc1ccc(Br)cc1[N+](=O)[O-]. The molecule has 88 valence electrons. The molecular weight excluding hydrogens is 276 g/mol. The zero-order valence-corrected chi connectivity index (χ0v) is 10.5. The molecule has 0 aliphatic rings. The van der Waals surface area contributed by atoms with Crippen LogP contribution in [-0.2, 0) is 6.54 Å². The van der Waals surface area contributed by atoms with E-state index in [1.165, 1.54) is 6.07 Å². The first-order valence-electron chi connectivity index (χ1n) is 4.77. The number of likely N-dealkylation sites (N-methyl/N-ethyl adjacent to an activating group) is 1. The van der Waals surface area contributed by atoms with E-state index in [1.807, 2.05) is 11.9 Å². The first-order chi connectivity index (χ1) is 7.54. The van der Waals surface area contributed by atoms with Crippen molar-refractivity contribution in [2.24, 2.45) is 0 Å². The summed E-state index contributed by atoms with van der Waals surface area (Å²) >= 11 is 3.20. The summed E-state index contributed by atoms with van der Waals surface area (Å²) < 4.78 is 0.688. The molecule has 1 aromatic carbocycles. The van der Waals surface area contributed by atoms with Crippen LogP contribution in [0.4, 0.5) is 5.69 Å². The lowest BCUT2D eigenvalue weighted by Gasteiger charge is -2.14. The van der Waals surface area contributed by atoms with Crippen molar-refractivity contribution in [3.05, 3.63) is 38.3 Å². The molecule has 0 saturated heterocycles. The van der Waals surface area contributed by atoms with Gasteiger partial charge in [-0.1, -0.05) is 15.9 Å². The molecule has 0 aromatic heterocycles. The summed E-state index contributed by atoms with van der Waals surface area (Å²) in [5, 5.41) is 19.6. The highest BCUT2D eigenvalue weighted by atomic mass is 79.9. The minimum Gasteiger partial charge on any atom is -0.395 e. The van der Waals surface area contributed by atoms with Crippen LogP contribution in [0.1, 0.15) is 5.56 Å². The summed E-state index contributed by atoms with van der Waals surface area (Å²) in [5.74, 6) is 0. The van der Waals surface area contributed by atoms with Crippen molar-refractivity contribution < 1.29 is 10.0 Å². The fraction of sp³-hybridized carbons (Fsp3) is 0.400. The van der Waals surface area contributed by atoms with Crippen LogP contribution in [0.2, 0.25) is 0 Å². The Morgan fingerprint density at radius 2 is 2.25 bits per heavy atom. The Balaban J connectivity index is 2.90. The molecule has 0 aliphatic heterocycles. The molecule has 0 aliphatic carbocycles. The Morgan fingerprint density at radius 3 is 2.81 bits per heavy atom. The van der Waals surface area contributed by atoms with Gasteiger partial charge in [-0.25, -0.2) is 0 Å². The van der Waals surface area contributed by atoms with Gasteiger partial charge in [-0.15, -0.1) is 0 Å². The van der Waals surface area contributed by atoms with E-state index in [1.54, 1.807) is 12.1 Å². The van der Waals surface area contributed by atoms with Crippen molar-refractivity contribution in [3.8, 4) is 0 Å². The summed E-state index contributed by atoms with van der Waals surface area (Å²) in [4.78, 5) is 12.3. The molecule has 0 unspecified atom stereocenters. The van der Waals surface area contributed by atoms with Gasteiger partial charge in [0.15, 0.2) is 0 Å². The third-order valence-corrected chi connectivity index (χ3v) is 2.66. The van der Waals surface area contributed by atoms with Crippen LogP contribution < -0.4 is 0 Å². The minimum atomic E-state index is -0.396. The largest absolute Gasteiger partial charge is 0.395 e. The zero-order chi connectivity index (χ0) is 12.1. The minimum absolute atomic E-state index is 0.0425. The predicted molar refractivity (Wildman–Crippen MR) is 64.2 cm³/mol. The van der Waals surface area contributed by atoms with Crippen molar-refractivity contribution in [1.82, 2.24) is 4.90 Å². The number of rotatable bonds is 5. The van der Waals surface area contributed by atoms with Crippen molar-refractivity contribution in [2.75, 3.05) is 20.2 Å². The van der Waals surface area contributed by atoms with E-state index in [0.29, 0.717) is 23.1 Å². The number of halogens is 1. The molecule has 16 heavy (non-hydrogen) atoms. The first kappa shape index (κ1) is 13.1. The second kappa shape index (κ2) is 5.93. The molecule has 1 aromatic rings. The van der Waals surface area contributed by atoms with Crippen LogP contribution in [0.3, 0.4) is 0 Å². The van der Waals surface area contributed by atoms with Crippen molar-refractivity contribution in [3.63, 3.8) is 0 Å². The molecule has 0 fully saturated rings. The number of nitro benzene ring substituents is 1. The highest BCUT2D eigenvalue weighted by molar-refractivity contribution is 9.10. The second-order valence-corrected chi connectivity index (χ2v) is 4.41. The molecular formula is C10H13BrN2O3. The smallest absolute Gasteiger partial charge is 0.275 e. The van der Waals surface area contributed by atoms with Gasteiger partial charge in [0.2, 0.25) is 0 Å². The van der Waals surface area contributed by atoms with Crippen LogP contribution in [0.15, 0.2) is 22.7 Å². The molecule has 1 rings (SSSR count). The van der Waals surface area contributed by atoms with Gasteiger partial charge in [-0.3, -0.25) is 15.0 Å². The lowest BCUT2D eigenvalue weighted by Crippen LogP contribution is -2.21. The van der Waals surface area contributed by atoms with Crippen LogP contribution in [0, 0.1) is 10.1 Å². The van der Waals surface area contributed by atoms with Gasteiger partial charge in [0.1, 0.15) is 0 Å². The van der Waals surface area contributed by atoms with Gasteiger partial charge >= 0.3 is 0 Å². The third kappa shape index (κ3) is 3.55. The summed E-state index contributed by atoms with van der Waals surface area (Å²) in [5.41, 5.74) is 0.739. The van der Waals surface area contributed by atoms with Crippen molar-refractivity contribution >= 4 is 21.6 Å². The van der Waals surface area contributed by atoms with Crippen molar-refractivity contribution in [1.29, 1.82) is 0 Å². The number of nitrogens with zero attached hydrogens (tertiary/aromatic N) is 2. The van der Waals surface area contributed by atoms with Crippen LogP contribution in [0.5, 0.6) is 0 Å². The van der Waals surface area contributed by atoms with Crippen LogP contribution >= 0.6 is 15.9 Å². The molecule has 0 heterocycles. The van der Waals surface area contributed by atoms with Gasteiger partial charge in [0.05, 0.1) is 11.5 Å². The summed E-state index contributed by atoms with van der Waals surface area (Å²) in [6.07, 6.45) is 0. The van der Waals surface area contributed by atoms with E-state index in [-0.39, 0.29) is 12.3 Å². The number of nitro groups is 1. The number of hydrogen-bond acceptors (Lipinski definition) is 4. The van der Waals surface area contributed by atoms with E-state index < -0.39 is 4.92 Å². The normalized spacial score (nSPS) is 10.8. The fourth-order valence-corrected chi connectivity index (χ4v) is 1.73. The summed E-state index contributed by atoms with van der Waals surface area (Å²) in [6.45, 7) is 0.984. The Labute approximate surface area is 102 Å². The Kier molecular flexibility index (Phi) is 4.85. The van der Waals surface area contributed by atoms with E-state index in [4.69, 9.17) is 5.11 Å². The number of aliphatic hydroxyl groups excluding tert-OH is 1. The van der Waals surface area contributed by atoms with E-state index >= 15 is 0 Å². The van der Waals surface area contributed by atoms with Gasteiger partial charge < -0.3 is 5.11 Å². The first-order valence-corrected chi connectivity index (χ1v) is 5.56. The average molecular weight is 289 g/mol. The monoisotopic (exact) mass is 288 g/mol. The maximum atomic E-state index is 10.8. The van der Waals surface area contributed by atoms with E-state index in [0.717, 1.165) is 0 Å². The molecule has 0 atom stereocenters. The molecule has 0 spiro atoms. The van der Waals surface area contributed by atoms with Gasteiger partial charge in [-0.05, 0) is 19.2 Å². The Hall–Kier alpha value is -0.980. The lowest BCUT2D eigenvalue weighted by molar-refractivity contribution is -0.385. The standard InChI is InChI=1S/C10H13BrN2O3/c1-12(4-5-14)7-8-2-3-9(11)6-10(8)13(15)16/h2-3,6,14H,4-5,7H2,1H3. The van der Waals surface area contributed by atoms with Gasteiger partial charge in [0, 0.05) is 29.2 Å². The van der Waals surface area contributed by atoms with Gasteiger partial charge in [0.25, 0.3) is 5.69 Å². The molecule has 6 heteroatoms. The topological polar surface area (TPSA) is 66.6 Å². The maximum Gasteiger partial charge on any atom is 0.275 e. The van der Waals surface area contributed by atoms with Gasteiger partial charge in [-0.2, -0.15) is 0 Å². The summed E-state index contributed by atoms with van der Waals surface area (Å²) in [6, 6.07) is 4.98. The number of hydrogen-bond donors (Lipinski definition) is 1. The highest BCUT2D eigenvalue weighted by Gasteiger charge is 2.15. The molecule has 0 bridgehead atoms. The number of benzene rings is 1. The molecule has 5 nitrogen and oxygen atoms in total. The zero-order valence-electron chi connectivity index (χ0n) is 8.89. The van der Waals surface area contributed by atoms with E-state index in [2.05, 4.69) is 15.9 Å². The quantitative estimate of drug-likeness (QED) is 0.663. The van der Waals surface area contributed by atoms with Crippen molar-refractivity contribution in [2.45, 2.75) is 6.54 Å². The Bertz CT molecular complexity index is 384. The predicted octanol–water partition coefficient (Wildman–Crippen LogP) is 1.78. The van der Waals surface area contributed by atoms with Crippen LogP contribution in [-0.4, -0.2) is 35.1 Å². The molecule has 1 N–H and O–H groups in total. The highest BCUT2D eigenvalue weighted by Crippen LogP contribution is 2.24. The summed E-state index contributed by atoms with van der Waals surface area (Å²) in [7, 11) is 1.81.